The van der Waals surface area contributed by atoms with Gasteiger partial charge in [-0.2, -0.15) is 0 Å². The largest absolute Gasteiger partial charge is 0.391 e. The van der Waals surface area contributed by atoms with E-state index in [0.29, 0.717) is 17.8 Å². The van der Waals surface area contributed by atoms with E-state index in [-0.39, 0.29) is 12.5 Å². The lowest BCUT2D eigenvalue weighted by molar-refractivity contribution is 0.0588. The molecule has 15 heavy (non-hydrogen) atoms. The topological polar surface area (TPSA) is 84.3 Å². The fraction of sp³-hybridized carbons (Fsp3) is 0.625. The van der Waals surface area contributed by atoms with Crippen LogP contribution in [0.2, 0.25) is 0 Å². The summed E-state index contributed by atoms with van der Waals surface area (Å²) < 4.78 is 8.33. The van der Waals surface area contributed by atoms with Crippen LogP contribution >= 0.6 is 11.5 Å². The molecule has 0 saturated heterocycles. The van der Waals surface area contributed by atoms with Gasteiger partial charge in [0, 0.05) is 13.7 Å². The number of amides is 1. The van der Waals surface area contributed by atoms with Crippen LogP contribution in [-0.2, 0) is 4.74 Å². The third-order valence-electron chi connectivity index (χ3n) is 1.71. The highest BCUT2D eigenvalue weighted by molar-refractivity contribution is 7.07. The molecule has 0 spiro atoms. The van der Waals surface area contributed by atoms with Gasteiger partial charge in [0.05, 0.1) is 18.9 Å². The molecule has 6 nitrogen and oxygen atoms in total. The maximum absolute atomic E-state index is 11.4. The first kappa shape index (κ1) is 12.0. The molecule has 0 aliphatic carbocycles. The molecule has 0 aromatic carbocycles. The van der Waals surface area contributed by atoms with E-state index in [1.165, 1.54) is 13.3 Å². The molecular formula is C8H13N3O3S. The van der Waals surface area contributed by atoms with E-state index in [1.807, 2.05) is 0 Å². The summed E-state index contributed by atoms with van der Waals surface area (Å²) in [5.41, 5.74) is 0. The minimum Gasteiger partial charge on any atom is -0.391 e. The molecule has 1 aromatic rings. The summed E-state index contributed by atoms with van der Waals surface area (Å²) in [5.74, 6) is -0.213. The molecule has 0 saturated carbocycles. The Morgan fingerprint density at radius 1 is 1.80 bits per heavy atom. The fourth-order valence-corrected chi connectivity index (χ4v) is 1.41. The van der Waals surface area contributed by atoms with Gasteiger partial charge in [-0.05, 0) is 18.0 Å². The van der Waals surface area contributed by atoms with Crippen LogP contribution in [0.5, 0.6) is 0 Å². The quantitative estimate of drug-likeness (QED) is 0.700. The van der Waals surface area contributed by atoms with E-state index in [0.717, 1.165) is 11.5 Å². The van der Waals surface area contributed by atoms with Gasteiger partial charge < -0.3 is 15.2 Å². The van der Waals surface area contributed by atoms with E-state index < -0.39 is 6.10 Å². The standard InChI is InChI=1S/C8H13N3O3S/c1-14-5-6(12)2-3-9-8(13)7-4-10-11-15-7/h4,6,12H,2-3,5H2,1H3,(H,9,13). The Kier molecular flexibility index (Phi) is 5.16. The molecule has 2 N–H and O–H groups in total. The number of aliphatic hydroxyl groups is 1. The minimum atomic E-state index is -0.546. The van der Waals surface area contributed by atoms with Crippen molar-refractivity contribution in [2.24, 2.45) is 0 Å². The highest BCUT2D eigenvalue weighted by Crippen LogP contribution is 2.01. The van der Waals surface area contributed by atoms with Gasteiger partial charge in [-0.3, -0.25) is 4.79 Å². The predicted octanol–water partition coefficient (Wildman–Crippen LogP) is -0.335. The van der Waals surface area contributed by atoms with E-state index in [4.69, 9.17) is 4.74 Å². The number of aliphatic hydroxyl groups excluding tert-OH is 1. The summed E-state index contributed by atoms with van der Waals surface area (Å²) in [6.45, 7) is 0.680. The van der Waals surface area contributed by atoms with Crippen molar-refractivity contribution >= 4 is 17.4 Å². The van der Waals surface area contributed by atoms with Crippen molar-refractivity contribution in [3.05, 3.63) is 11.1 Å². The number of nitrogens with zero attached hydrogens (tertiary/aromatic N) is 2. The molecule has 84 valence electrons. The molecular weight excluding hydrogens is 218 g/mol. The van der Waals surface area contributed by atoms with Crippen molar-refractivity contribution in [2.45, 2.75) is 12.5 Å². The van der Waals surface area contributed by atoms with E-state index >= 15 is 0 Å². The van der Waals surface area contributed by atoms with Gasteiger partial charge in [0.1, 0.15) is 4.88 Å². The molecule has 1 rings (SSSR count). The zero-order chi connectivity index (χ0) is 11.1. The van der Waals surface area contributed by atoms with Crippen molar-refractivity contribution in [3.8, 4) is 0 Å². The van der Waals surface area contributed by atoms with E-state index in [1.54, 1.807) is 0 Å². The van der Waals surface area contributed by atoms with Gasteiger partial charge >= 0.3 is 0 Å². The zero-order valence-corrected chi connectivity index (χ0v) is 9.16. The van der Waals surface area contributed by atoms with Gasteiger partial charge in [0.15, 0.2) is 0 Å². The Morgan fingerprint density at radius 2 is 2.60 bits per heavy atom. The number of carbonyl (C=O) groups excluding carboxylic acids is 1. The second-order valence-corrected chi connectivity index (χ2v) is 3.72. The number of hydrogen-bond donors (Lipinski definition) is 2. The molecule has 1 amide bonds. The van der Waals surface area contributed by atoms with Crippen molar-refractivity contribution in [1.82, 2.24) is 14.9 Å². The third-order valence-corrected chi connectivity index (χ3v) is 2.37. The average Bonchev–Trinajstić information content (AvgIpc) is 2.70. The lowest BCUT2D eigenvalue weighted by Gasteiger charge is -2.09. The van der Waals surface area contributed by atoms with Crippen molar-refractivity contribution < 1.29 is 14.6 Å². The van der Waals surface area contributed by atoms with E-state index in [2.05, 4.69) is 14.9 Å². The molecule has 1 unspecified atom stereocenters. The van der Waals surface area contributed by atoms with Crippen LogP contribution in [0, 0.1) is 0 Å². The Balaban J connectivity index is 2.18. The maximum atomic E-state index is 11.4. The van der Waals surface area contributed by atoms with Crippen LogP contribution in [0.1, 0.15) is 16.1 Å². The van der Waals surface area contributed by atoms with Crippen molar-refractivity contribution in [2.75, 3.05) is 20.3 Å². The number of carbonyl (C=O) groups is 1. The van der Waals surface area contributed by atoms with Gasteiger partial charge in [0.2, 0.25) is 0 Å². The molecule has 1 heterocycles. The number of methoxy groups -OCH3 is 1. The van der Waals surface area contributed by atoms with Crippen LogP contribution in [0.25, 0.3) is 0 Å². The summed E-state index contributed by atoms with van der Waals surface area (Å²) in [6, 6.07) is 0. The normalized spacial score (nSPS) is 12.4. The number of rotatable bonds is 6. The summed E-state index contributed by atoms with van der Waals surface area (Å²) in [6.07, 6.45) is 1.33. The van der Waals surface area contributed by atoms with Crippen LogP contribution < -0.4 is 5.32 Å². The molecule has 0 aliphatic rings. The third kappa shape index (κ3) is 4.32. The zero-order valence-electron chi connectivity index (χ0n) is 8.34. The van der Waals surface area contributed by atoms with Crippen LogP contribution in [-0.4, -0.2) is 47.0 Å². The second-order valence-electron chi connectivity index (χ2n) is 2.94. The van der Waals surface area contributed by atoms with Gasteiger partial charge in [-0.25, -0.2) is 0 Å². The second kappa shape index (κ2) is 6.44. The smallest absolute Gasteiger partial charge is 0.264 e. The minimum absolute atomic E-state index is 0.213. The molecule has 0 aliphatic heterocycles. The average molecular weight is 231 g/mol. The van der Waals surface area contributed by atoms with Crippen LogP contribution in [0.3, 0.4) is 0 Å². The molecule has 0 radical (unpaired) electrons. The summed E-state index contributed by atoms with van der Waals surface area (Å²) in [4.78, 5) is 11.8. The maximum Gasteiger partial charge on any atom is 0.264 e. The van der Waals surface area contributed by atoms with Gasteiger partial charge in [0.25, 0.3) is 5.91 Å². The van der Waals surface area contributed by atoms with Crippen LogP contribution in [0.15, 0.2) is 6.20 Å². The molecule has 0 fully saturated rings. The number of ether oxygens (including phenoxy) is 1. The highest BCUT2D eigenvalue weighted by Gasteiger charge is 2.08. The fourth-order valence-electron chi connectivity index (χ4n) is 0.982. The predicted molar refractivity (Wildman–Crippen MR) is 54.7 cm³/mol. The van der Waals surface area contributed by atoms with Crippen LogP contribution in [0.4, 0.5) is 0 Å². The number of aromatic nitrogens is 2. The molecule has 7 heteroatoms. The highest BCUT2D eigenvalue weighted by atomic mass is 32.1. The Labute approximate surface area is 91.4 Å². The van der Waals surface area contributed by atoms with Crippen molar-refractivity contribution in [1.29, 1.82) is 0 Å². The van der Waals surface area contributed by atoms with Crippen molar-refractivity contribution in [3.63, 3.8) is 0 Å². The van der Waals surface area contributed by atoms with E-state index in [9.17, 15) is 9.90 Å². The number of nitrogens with one attached hydrogen (secondary N) is 1. The van der Waals surface area contributed by atoms with Gasteiger partial charge in [-0.15, -0.1) is 5.10 Å². The lowest BCUT2D eigenvalue weighted by atomic mass is 10.2. The monoisotopic (exact) mass is 231 g/mol. The first-order valence-corrected chi connectivity index (χ1v) is 5.24. The SMILES string of the molecule is COCC(O)CCNC(=O)c1cnns1. The summed E-state index contributed by atoms with van der Waals surface area (Å²) >= 11 is 1.04. The Hall–Kier alpha value is -1.05. The lowest BCUT2D eigenvalue weighted by Crippen LogP contribution is -2.27. The molecule has 1 atom stereocenters. The summed E-state index contributed by atoms with van der Waals surface area (Å²) in [7, 11) is 1.52. The first-order chi connectivity index (χ1) is 7.24. The number of hydrogen-bond acceptors (Lipinski definition) is 6. The van der Waals surface area contributed by atoms with Gasteiger partial charge in [-0.1, -0.05) is 4.49 Å². The Bertz CT molecular complexity index is 291. The Morgan fingerprint density at radius 3 is 3.20 bits per heavy atom. The first-order valence-electron chi connectivity index (χ1n) is 4.46. The molecule has 1 aromatic heterocycles. The summed E-state index contributed by atoms with van der Waals surface area (Å²) in [5, 5.41) is 15.5. The molecule has 0 bridgehead atoms.